The van der Waals surface area contributed by atoms with Gasteiger partial charge in [-0.15, -0.1) is 0 Å². The molecule has 3 atom stereocenters. The van der Waals surface area contributed by atoms with Gasteiger partial charge in [0.15, 0.2) is 5.96 Å². The minimum Gasteiger partial charge on any atom is -0.476 e. The third kappa shape index (κ3) is 3.81. The molecule has 7 heteroatoms. The van der Waals surface area contributed by atoms with Gasteiger partial charge in [0.25, 0.3) is 0 Å². The number of fused-ring (bicyclic) bond motifs is 2. The number of nitrogens with zero attached hydrogens (tertiary/aromatic N) is 2. The Kier molecular flexibility index (Phi) is 5.00. The van der Waals surface area contributed by atoms with Gasteiger partial charge in [0.2, 0.25) is 5.88 Å². The minimum atomic E-state index is 0.332. The van der Waals surface area contributed by atoms with Crippen LogP contribution in [-0.2, 0) is 4.74 Å². The Bertz CT molecular complexity index is 523. The quantitative estimate of drug-likeness (QED) is 0.489. The van der Waals surface area contributed by atoms with Crippen molar-refractivity contribution < 1.29 is 9.47 Å². The predicted octanol–water partition coefficient (Wildman–Crippen LogP) is 1.60. The SMILES string of the molecule is CN=C(NCCOc1ccc(Cl)cn1)NC1CC2CCC1O2. The van der Waals surface area contributed by atoms with Crippen LogP contribution in [-0.4, -0.2) is 49.4 Å². The first-order chi connectivity index (χ1) is 10.7. The molecule has 0 radical (unpaired) electrons. The molecule has 3 unspecified atom stereocenters. The summed E-state index contributed by atoms with van der Waals surface area (Å²) in [6.07, 6.45) is 5.73. The molecule has 2 aliphatic heterocycles. The van der Waals surface area contributed by atoms with E-state index in [1.54, 1.807) is 25.4 Å². The van der Waals surface area contributed by atoms with Crippen LogP contribution in [0.1, 0.15) is 19.3 Å². The van der Waals surface area contributed by atoms with Crippen molar-refractivity contribution in [2.24, 2.45) is 4.99 Å². The monoisotopic (exact) mass is 324 g/mol. The highest BCUT2D eigenvalue weighted by molar-refractivity contribution is 6.30. The van der Waals surface area contributed by atoms with E-state index in [9.17, 15) is 0 Å². The van der Waals surface area contributed by atoms with Crippen LogP contribution in [0.25, 0.3) is 0 Å². The number of guanidine groups is 1. The average molecular weight is 325 g/mol. The Labute approximate surface area is 135 Å². The van der Waals surface area contributed by atoms with Crippen molar-refractivity contribution in [2.75, 3.05) is 20.2 Å². The summed E-state index contributed by atoms with van der Waals surface area (Å²) in [5.41, 5.74) is 0. The van der Waals surface area contributed by atoms with Crippen molar-refractivity contribution in [1.29, 1.82) is 0 Å². The molecule has 120 valence electrons. The fraction of sp³-hybridized carbons (Fsp3) is 0.600. The maximum Gasteiger partial charge on any atom is 0.213 e. The molecule has 1 aromatic rings. The molecule has 3 heterocycles. The lowest BCUT2D eigenvalue weighted by Crippen LogP contribution is -2.48. The van der Waals surface area contributed by atoms with Gasteiger partial charge in [-0.05, 0) is 25.3 Å². The molecule has 0 aromatic carbocycles. The number of halogens is 1. The first kappa shape index (κ1) is 15.4. The number of ether oxygens (including phenoxy) is 2. The van der Waals surface area contributed by atoms with Gasteiger partial charge in [-0.25, -0.2) is 4.98 Å². The van der Waals surface area contributed by atoms with Crippen LogP contribution in [0.5, 0.6) is 5.88 Å². The molecule has 6 nitrogen and oxygen atoms in total. The largest absolute Gasteiger partial charge is 0.476 e. The Hall–Kier alpha value is -1.53. The van der Waals surface area contributed by atoms with Gasteiger partial charge in [-0.2, -0.15) is 0 Å². The molecule has 22 heavy (non-hydrogen) atoms. The molecular formula is C15H21ClN4O2. The third-order valence-corrected chi connectivity index (χ3v) is 4.22. The van der Waals surface area contributed by atoms with Crippen molar-refractivity contribution in [3.8, 4) is 5.88 Å². The molecule has 0 spiro atoms. The molecule has 2 N–H and O–H groups in total. The van der Waals surface area contributed by atoms with Crippen LogP contribution >= 0.6 is 11.6 Å². The number of hydrogen-bond acceptors (Lipinski definition) is 4. The highest BCUT2D eigenvalue weighted by Gasteiger charge is 2.41. The van der Waals surface area contributed by atoms with E-state index in [-0.39, 0.29) is 0 Å². The molecule has 1 aromatic heterocycles. The number of hydrogen-bond donors (Lipinski definition) is 2. The third-order valence-electron chi connectivity index (χ3n) is 4.00. The second-order valence-electron chi connectivity index (χ2n) is 5.52. The zero-order chi connectivity index (χ0) is 15.4. The molecule has 2 saturated heterocycles. The van der Waals surface area contributed by atoms with E-state index in [0.717, 1.165) is 18.8 Å². The van der Waals surface area contributed by atoms with E-state index in [1.165, 1.54) is 6.42 Å². The average Bonchev–Trinajstić information content (AvgIpc) is 3.14. The first-order valence-electron chi connectivity index (χ1n) is 7.61. The topological polar surface area (TPSA) is 67.8 Å². The Morgan fingerprint density at radius 2 is 2.41 bits per heavy atom. The Morgan fingerprint density at radius 3 is 3.05 bits per heavy atom. The molecule has 2 aliphatic rings. The summed E-state index contributed by atoms with van der Waals surface area (Å²) in [5, 5.41) is 7.27. The fourth-order valence-electron chi connectivity index (χ4n) is 2.93. The highest BCUT2D eigenvalue weighted by Crippen LogP contribution is 2.34. The second-order valence-corrected chi connectivity index (χ2v) is 5.96. The van der Waals surface area contributed by atoms with Crippen molar-refractivity contribution in [3.63, 3.8) is 0 Å². The van der Waals surface area contributed by atoms with Crippen LogP contribution in [0.4, 0.5) is 0 Å². The maximum atomic E-state index is 5.83. The van der Waals surface area contributed by atoms with Crippen LogP contribution in [0.15, 0.2) is 23.3 Å². The van der Waals surface area contributed by atoms with Crippen LogP contribution in [0.2, 0.25) is 5.02 Å². The molecule has 2 bridgehead atoms. The van der Waals surface area contributed by atoms with E-state index in [1.807, 2.05) is 0 Å². The van der Waals surface area contributed by atoms with Gasteiger partial charge in [0, 0.05) is 19.3 Å². The van der Waals surface area contributed by atoms with Gasteiger partial charge < -0.3 is 20.1 Å². The standard InChI is InChI=1S/C15H21ClN4O2/c1-17-15(20-12-8-11-3-4-13(12)22-11)18-6-7-21-14-5-2-10(16)9-19-14/h2,5,9,11-13H,3-4,6-8H2,1H3,(H2,17,18,20). The normalized spacial score (nSPS) is 27.0. The number of aromatic nitrogens is 1. The van der Waals surface area contributed by atoms with E-state index < -0.39 is 0 Å². The zero-order valence-electron chi connectivity index (χ0n) is 12.6. The lowest BCUT2D eigenvalue weighted by atomic mass is 9.96. The van der Waals surface area contributed by atoms with Gasteiger partial charge in [0.05, 0.1) is 29.8 Å². The van der Waals surface area contributed by atoms with E-state index in [2.05, 4.69) is 20.6 Å². The van der Waals surface area contributed by atoms with Crippen molar-refractivity contribution >= 4 is 17.6 Å². The highest BCUT2D eigenvalue weighted by atomic mass is 35.5. The zero-order valence-corrected chi connectivity index (χ0v) is 13.3. The summed E-state index contributed by atoms with van der Waals surface area (Å²) in [5.74, 6) is 1.35. The minimum absolute atomic E-state index is 0.332. The number of aliphatic imine (C=N–C) groups is 1. The van der Waals surface area contributed by atoms with Crippen molar-refractivity contribution in [1.82, 2.24) is 15.6 Å². The van der Waals surface area contributed by atoms with E-state index in [0.29, 0.717) is 42.3 Å². The van der Waals surface area contributed by atoms with Crippen molar-refractivity contribution in [3.05, 3.63) is 23.4 Å². The summed E-state index contributed by atoms with van der Waals surface area (Å²) < 4.78 is 11.4. The predicted molar refractivity (Wildman–Crippen MR) is 85.5 cm³/mol. The maximum absolute atomic E-state index is 5.83. The summed E-state index contributed by atoms with van der Waals surface area (Å²) in [7, 11) is 1.77. The molecular weight excluding hydrogens is 304 g/mol. The number of nitrogens with one attached hydrogen (secondary N) is 2. The summed E-state index contributed by atoms with van der Waals surface area (Å²) in [6.45, 7) is 1.15. The summed E-state index contributed by atoms with van der Waals surface area (Å²) in [6, 6.07) is 3.87. The first-order valence-corrected chi connectivity index (χ1v) is 7.99. The summed E-state index contributed by atoms with van der Waals surface area (Å²) in [4.78, 5) is 8.32. The van der Waals surface area contributed by atoms with Gasteiger partial charge >= 0.3 is 0 Å². The molecule has 0 amide bonds. The number of pyridine rings is 1. The lowest BCUT2D eigenvalue weighted by Gasteiger charge is -2.22. The van der Waals surface area contributed by atoms with E-state index in [4.69, 9.17) is 21.1 Å². The van der Waals surface area contributed by atoms with Gasteiger partial charge in [-0.1, -0.05) is 11.6 Å². The summed E-state index contributed by atoms with van der Waals surface area (Å²) >= 11 is 5.78. The smallest absolute Gasteiger partial charge is 0.213 e. The second kappa shape index (κ2) is 7.15. The van der Waals surface area contributed by atoms with Gasteiger partial charge in [0.1, 0.15) is 6.61 Å². The van der Waals surface area contributed by atoms with E-state index >= 15 is 0 Å². The molecule has 3 rings (SSSR count). The van der Waals surface area contributed by atoms with Crippen LogP contribution in [0.3, 0.4) is 0 Å². The number of rotatable bonds is 5. The Balaban J connectivity index is 1.37. The molecule has 0 aliphatic carbocycles. The van der Waals surface area contributed by atoms with Crippen LogP contribution < -0.4 is 15.4 Å². The van der Waals surface area contributed by atoms with Crippen LogP contribution in [0, 0.1) is 0 Å². The Morgan fingerprint density at radius 1 is 1.50 bits per heavy atom. The van der Waals surface area contributed by atoms with Crippen molar-refractivity contribution in [2.45, 2.75) is 37.5 Å². The molecule has 2 fully saturated rings. The fourth-order valence-corrected chi connectivity index (χ4v) is 3.04. The lowest BCUT2D eigenvalue weighted by molar-refractivity contribution is 0.0992. The molecule has 0 saturated carbocycles. The van der Waals surface area contributed by atoms with Gasteiger partial charge in [-0.3, -0.25) is 4.99 Å².